The molecule has 1 saturated heterocycles. The zero-order chi connectivity index (χ0) is 22.4. The van der Waals surface area contributed by atoms with Gasteiger partial charge in [-0.3, -0.25) is 5.32 Å². The van der Waals surface area contributed by atoms with Crippen molar-refractivity contribution in [2.45, 2.75) is 24.6 Å². The Balaban J connectivity index is 1.90. The fraction of sp³-hybridized carbons (Fsp3) is 0.444. The quantitative estimate of drug-likeness (QED) is 0.537. The molecule has 1 amide bonds. The third kappa shape index (κ3) is 4.40. The van der Waals surface area contributed by atoms with Gasteiger partial charge in [-0.2, -0.15) is 8.78 Å². The minimum Gasteiger partial charge on any atom is -0.434 e. The van der Waals surface area contributed by atoms with E-state index < -0.39 is 29.5 Å². The molecule has 2 aromatic heterocycles. The van der Waals surface area contributed by atoms with E-state index in [1.807, 2.05) is 0 Å². The van der Waals surface area contributed by atoms with Crippen molar-refractivity contribution in [2.75, 3.05) is 36.4 Å². The van der Waals surface area contributed by atoms with Crippen LogP contribution in [0.2, 0.25) is 0 Å². The first-order chi connectivity index (χ1) is 14.5. The molecule has 2 aromatic rings. The third-order valence-electron chi connectivity index (χ3n) is 4.89. The summed E-state index contributed by atoms with van der Waals surface area (Å²) in [5.41, 5.74) is -4.01. The summed E-state index contributed by atoms with van der Waals surface area (Å²) >= 11 is 0. The van der Waals surface area contributed by atoms with Crippen LogP contribution in [-0.2, 0) is 10.4 Å². The molecular formula is C18H19F4N6O2P. The highest BCUT2D eigenvalue weighted by atomic mass is 31.0. The summed E-state index contributed by atoms with van der Waals surface area (Å²) in [6.07, 6.45) is -1.77. The Morgan fingerprint density at radius 2 is 1.94 bits per heavy atom. The summed E-state index contributed by atoms with van der Waals surface area (Å²) < 4.78 is 61.8. The number of nitrogens with one attached hydrogen (secondary N) is 2. The van der Waals surface area contributed by atoms with Gasteiger partial charge in [-0.1, -0.05) is 9.24 Å². The topological polar surface area (TPSA) is 92.3 Å². The first kappa shape index (κ1) is 21.6. The summed E-state index contributed by atoms with van der Waals surface area (Å²) in [6.45, 7) is 2.83. The number of halogens is 4. The Bertz CT molecular complexity index is 1010. The standard InChI is InChI=1S/C18H19F4N6O2P/c1-17(19,20)13-12-9(2-3-24-14(12)27-16(29)30-13)10-8-11(18(21,22)31)26-15(25-10)28-6-4-23-5-7-28/h2-3,8,13,23H,4-7,31H2,1H3,(H,24,27,29). The lowest BCUT2D eigenvalue weighted by Gasteiger charge is -2.31. The van der Waals surface area contributed by atoms with Gasteiger partial charge in [-0.15, -0.1) is 0 Å². The number of pyridine rings is 1. The molecule has 2 N–H and O–H groups in total. The Morgan fingerprint density at radius 1 is 1.23 bits per heavy atom. The molecule has 0 aromatic carbocycles. The van der Waals surface area contributed by atoms with Crippen LogP contribution >= 0.6 is 9.24 Å². The molecule has 2 aliphatic heterocycles. The maximum Gasteiger partial charge on any atom is 0.413 e. The second-order valence-corrected chi connectivity index (χ2v) is 8.01. The van der Waals surface area contributed by atoms with E-state index in [2.05, 4.69) is 25.6 Å². The van der Waals surface area contributed by atoms with Crippen molar-refractivity contribution in [3.8, 4) is 11.3 Å². The zero-order valence-electron chi connectivity index (χ0n) is 16.3. The second kappa shape index (κ2) is 7.83. The first-order valence-electron chi connectivity index (χ1n) is 9.40. The van der Waals surface area contributed by atoms with Gasteiger partial charge >= 0.3 is 6.09 Å². The van der Waals surface area contributed by atoms with E-state index in [1.54, 1.807) is 4.90 Å². The van der Waals surface area contributed by atoms with Gasteiger partial charge in [-0.05, 0) is 12.1 Å². The highest BCUT2D eigenvalue weighted by Gasteiger charge is 2.45. The average Bonchev–Trinajstić information content (AvgIpc) is 2.71. The van der Waals surface area contributed by atoms with Crippen LogP contribution in [0.15, 0.2) is 18.3 Å². The minimum absolute atomic E-state index is 0.00620. The number of hydrogen-bond donors (Lipinski definition) is 2. The summed E-state index contributed by atoms with van der Waals surface area (Å²) in [4.78, 5) is 25.8. The Labute approximate surface area is 177 Å². The molecule has 13 heteroatoms. The Kier molecular flexibility index (Phi) is 5.47. The van der Waals surface area contributed by atoms with E-state index in [4.69, 9.17) is 4.74 Å². The molecule has 0 radical (unpaired) electrons. The largest absolute Gasteiger partial charge is 0.434 e. The van der Waals surface area contributed by atoms with E-state index in [9.17, 15) is 22.4 Å². The lowest BCUT2D eigenvalue weighted by molar-refractivity contribution is -0.0984. The fourth-order valence-electron chi connectivity index (χ4n) is 3.46. The fourth-order valence-corrected chi connectivity index (χ4v) is 3.61. The number of carbonyl (C=O) groups is 1. The number of aromatic nitrogens is 3. The summed E-state index contributed by atoms with van der Waals surface area (Å²) in [5, 5.41) is 5.42. The molecule has 0 bridgehead atoms. The Morgan fingerprint density at radius 3 is 2.58 bits per heavy atom. The van der Waals surface area contributed by atoms with E-state index in [0.29, 0.717) is 33.1 Å². The molecule has 0 saturated carbocycles. The highest BCUT2D eigenvalue weighted by Crippen LogP contribution is 2.45. The number of fused-ring (bicyclic) bond motifs is 1. The van der Waals surface area contributed by atoms with E-state index in [1.165, 1.54) is 21.5 Å². The number of amides is 1. The van der Waals surface area contributed by atoms with Crippen molar-refractivity contribution < 1.29 is 27.1 Å². The molecule has 2 aliphatic rings. The first-order valence-corrected chi connectivity index (χ1v) is 9.98. The molecule has 1 fully saturated rings. The molecule has 2 unspecified atom stereocenters. The van der Waals surface area contributed by atoms with Gasteiger partial charge in [-0.25, -0.2) is 28.5 Å². The average molecular weight is 458 g/mol. The molecule has 2 atom stereocenters. The van der Waals surface area contributed by atoms with Gasteiger partial charge in [0.15, 0.2) is 6.10 Å². The van der Waals surface area contributed by atoms with Crippen molar-refractivity contribution >= 4 is 27.1 Å². The van der Waals surface area contributed by atoms with Crippen LogP contribution in [0.25, 0.3) is 11.3 Å². The number of piperazine rings is 1. The summed E-state index contributed by atoms with van der Waals surface area (Å²) in [7, 11) is 1.42. The SMILES string of the molecule is CC(F)(F)C1OC(=O)Nc2nccc(-c3cc(C(F)(F)P)nc(N4CCNCC4)n3)c21. The lowest BCUT2D eigenvalue weighted by Crippen LogP contribution is -2.44. The molecule has 166 valence electrons. The van der Waals surface area contributed by atoms with Gasteiger partial charge in [0.05, 0.1) is 11.3 Å². The molecule has 31 heavy (non-hydrogen) atoms. The highest BCUT2D eigenvalue weighted by molar-refractivity contribution is 7.17. The van der Waals surface area contributed by atoms with Gasteiger partial charge in [0.2, 0.25) is 5.95 Å². The van der Waals surface area contributed by atoms with Crippen molar-refractivity contribution in [1.29, 1.82) is 0 Å². The molecular weight excluding hydrogens is 439 g/mol. The number of hydrogen-bond acceptors (Lipinski definition) is 7. The van der Waals surface area contributed by atoms with Gasteiger partial charge in [0.1, 0.15) is 11.5 Å². The van der Waals surface area contributed by atoms with E-state index in [-0.39, 0.29) is 28.6 Å². The van der Waals surface area contributed by atoms with Crippen LogP contribution in [0.1, 0.15) is 24.3 Å². The molecule has 0 aliphatic carbocycles. The number of rotatable bonds is 4. The molecule has 4 rings (SSSR count). The summed E-state index contributed by atoms with van der Waals surface area (Å²) in [5.74, 6) is -3.53. The van der Waals surface area contributed by atoms with Gasteiger partial charge < -0.3 is 15.0 Å². The minimum atomic E-state index is -3.45. The monoisotopic (exact) mass is 458 g/mol. The normalized spacial score (nSPS) is 19.5. The second-order valence-electron chi connectivity index (χ2n) is 7.29. The predicted octanol–water partition coefficient (Wildman–Crippen LogP) is 3.13. The molecule has 0 spiro atoms. The lowest BCUT2D eigenvalue weighted by atomic mass is 9.96. The number of nitrogens with zero attached hydrogens (tertiary/aromatic N) is 4. The van der Waals surface area contributed by atoms with E-state index >= 15 is 0 Å². The van der Waals surface area contributed by atoms with Gasteiger partial charge in [0.25, 0.3) is 11.6 Å². The maximum atomic E-state index is 14.3. The molecule has 4 heterocycles. The number of ether oxygens (including phenoxy) is 1. The van der Waals surface area contributed by atoms with Crippen LogP contribution < -0.4 is 15.5 Å². The smallest absolute Gasteiger partial charge is 0.413 e. The zero-order valence-corrected chi connectivity index (χ0v) is 17.5. The number of carbonyl (C=O) groups excluding carboxylic acids is 1. The molecule has 8 nitrogen and oxygen atoms in total. The van der Waals surface area contributed by atoms with Crippen molar-refractivity contribution in [3.05, 3.63) is 29.6 Å². The van der Waals surface area contributed by atoms with Gasteiger partial charge in [0, 0.05) is 44.9 Å². The van der Waals surface area contributed by atoms with E-state index in [0.717, 1.165) is 6.07 Å². The van der Waals surface area contributed by atoms with Crippen LogP contribution in [0.4, 0.5) is 34.1 Å². The number of cyclic esters (lactones) is 1. The van der Waals surface area contributed by atoms with Crippen LogP contribution in [0.5, 0.6) is 0 Å². The van der Waals surface area contributed by atoms with Crippen molar-refractivity contribution in [1.82, 2.24) is 20.3 Å². The summed E-state index contributed by atoms with van der Waals surface area (Å²) in [6, 6.07) is 2.41. The van der Waals surface area contributed by atoms with Crippen molar-refractivity contribution in [2.24, 2.45) is 0 Å². The van der Waals surface area contributed by atoms with Crippen LogP contribution in [-0.4, -0.2) is 53.1 Å². The number of alkyl halides is 4. The van der Waals surface area contributed by atoms with Crippen LogP contribution in [0, 0.1) is 0 Å². The number of anilines is 2. The van der Waals surface area contributed by atoms with Crippen molar-refractivity contribution in [3.63, 3.8) is 0 Å². The maximum absolute atomic E-state index is 14.3. The van der Waals surface area contributed by atoms with Crippen LogP contribution in [0.3, 0.4) is 0 Å². The Hall–Kier alpha value is -2.59. The third-order valence-corrected chi connectivity index (χ3v) is 5.19. The predicted molar refractivity (Wildman–Crippen MR) is 107 cm³/mol.